The Bertz CT molecular complexity index is 1020. The number of aromatic nitrogens is 3. The summed E-state index contributed by atoms with van der Waals surface area (Å²) in [6, 6.07) is 9.32. The van der Waals surface area contributed by atoms with Crippen molar-refractivity contribution in [1.82, 2.24) is 14.4 Å². The summed E-state index contributed by atoms with van der Waals surface area (Å²) in [5.74, 6) is 1.03. The Hall–Kier alpha value is -2.69. The lowest BCUT2D eigenvalue weighted by Crippen LogP contribution is -2.41. The molecule has 0 N–H and O–H groups in total. The van der Waals surface area contributed by atoms with Gasteiger partial charge in [-0.25, -0.2) is 4.98 Å². The van der Waals surface area contributed by atoms with Crippen LogP contribution < -0.4 is 5.46 Å². The highest BCUT2D eigenvalue weighted by Gasteiger charge is 2.51. The fourth-order valence-corrected chi connectivity index (χ4v) is 2.92. The Morgan fingerprint density at radius 2 is 1.81 bits per heavy atom. The number of nitrogens with zero attached hydrogens (tertiary/aromatic N) is 4. The second-order valence-electron chi connectivity index (χ2n) is 7.42. The molecule has 0 unspecified atom stereocenters. The smallest absolute Gasteiger partial charge is 0.399 e. The molecule has 7 heteroatoms. The number of rotatable bonds is 2. The molecule has 0 spiro atoms. The van der Waals surface area contributed by atoms with E-state index in [0.717, 1.165) is 11.0 Å². The fraction of sp³-hybridized carbons (Fsp3) is 0.316. The Labute approximate surface area is 152 Å². The van der Waals surface area contributed by atoms with Crippen LogP contribution in [0.15, 0.2) is 42.7 Å². The van der Waals surface area contributed by atoms with Gasteiger partial charge in [0.25, 0.3) is 5.82 Å². The first-order chi connectivity index (χ1) is 12.3. The second kappa shape index (κ2) is 5.66. The van der Waals surface area contributed by atoms with E-state index in [0.29, 0.717) is 17.3 Å². The summed E-state index contributed by atoms with van der Waals surface area (Å²) in [7, 11) is -0.442. The van der Waals surface area contributed by atoms with E-state index in [1.807, 2.05) is 62.6 Å². The summed E-state index contributed by atoms with van der Waals surface area (Å²) in [4.78, 5) is 12.2. The molecular formula is C19H19BN4O2. The number of hydrogen-bond acceptors (Lipinski definition) is 4. The van der Waals surface area contributed by atoms with Gasteiger partial charge in [-0.1, -0.05) is 18.7 Å². The van der Waals surface area contributed by atoms with Crippen LogP contribution in [0.1, 0.15) is 27.7 Å². The zero-order valence-corrected chi connectivity index (χ0v) is 15.2. The van der Waals surface area contributed by atoms with Crippen LogP contribution in [0.2, 0.25) is 0 Å². The third kappa shape index (κ3) is 2.59. The highest BCUT2D eigenvalue weighted by atomic mass is 16.7. The molecule has 1 aliphatic rings. The molecule has 3 aromatic heterocycles. The molecule has 0 bridgehead atoms. The highest BCUT2D eigenvalue weighted by Crippen LogP contribution is 2.36. The predicted octanol–water partition coefficient (Wildman–Crippen LogP) is 3.25. The predicted molar refractivity (Wildman–Crippen MR) is 100 cm³/mol. The summed E-state index contributed by atoms with van der Waals surface area (Å²) in [6.45, 7) is 15.3. The van der Waals surface area contributed by atoms with Crippen LogP contribution in [0.3, 0.4) is 0 Å². The lowest BCUT2D eigenvalue weighted by molar-refractivity contribution is 0.00578. The Morgan fingerprint density at radius 1 is 1.08 bits per heavy atom. The molecule has 0 radical (unpaired) electrons. The fourth-order valence-electron chi connectivity index (χ4n) is 2.92. The monoisotopic (exact) mass is 346 g/mol. The van der Waals surface area contributed by atoms with Gasteiger partial charge >= 0.3 is 7.12 Å². The first kappa shape index (κ1) is 16.8. The van der Waals surface area contributed by atoms with E-state index >= 15 is 0 Å². The molecule has 0 aromatic carbocycles. The Kier molecular flexibility index (Phi) is 3.65. The van der Waals surface area contributed by atoms with Crippen LogP contribution in [0, 0.1) is 6.57 Å². The van der Waals surface area contributed by atoms with Crippen molar-refractivity contribution >= 4 is 23.9 Å². The van der Waals surface area contributed by atoms with E-state index in [-0.39, 0.29) is 0 Å². The average molecular weight is 346 g/mol. The molecular weight excluding hydrogens is 327 g/mol. The zero-order chi connectivity index (χ0) is 18.5. The Morgan fingerprint density at radius 3 is 2.50 bits per heavy atom. The van der Waals surface area contributed by atoms with Gasteiger partial charge in [0, 0.05) is 6.20 Å². The van der Waals surface area contributed by atoms with Gasteiger partial charge in [0.1, 0.15) is 0 Å². The van der Waals surface area contributed by atoms with Gasteiger partial charge in [0.2, 0.25) is 0 Å². The minimum Gasteiger partial charge on any atom is -0.399 e. The summed E-state index contributed by atoms with van der Waals surface area (Å²) in [5, 5.41) is 0. The minimum absolute atomic E-state index is 0.348. The number of hydrogen-bond donors (Lipinski definition) is 0. The summed E-state index contributed by atoms with van der Waals surface area (Å²) < 4.78 is 14.2. The van der Waals surface area contributed by atoms with Crippen molar-refractivity contribution < 1.29 is 9.31 Å². The topological polar surface area (TPSA) is 53.0 Å². The number of imidazole rings is 1. The van der Waals surface area contributed by atoms with Gasteiger partial charge in [-0.2, -0.15) is 0 Å². The van der Waals surface area contributed by atoms with Gasteiger partial charge in [-0.3, -0.25) is 4.40 Å². The van der Waals surface area contributed by atoms with Crippen molar-refractivity contribution in [2.45, 2.75) is 38.9 Å². The SMILES string of the molecule is [C-]#[N+]c1cccc(-c2ncc3ccc(B4OC(C)(C)C(C)(C)O4)cn23)n1. The van der Waals surface area contributed by atoms with Crippen molar-refractivity contribution in [3.05, 3.63) is 54.1 Å². The second-order valence-corrected chi connectivity index (χ2v) is 7.42. The van der Waals surface area contributed by atoms with Crippen LogP contribution in [0.5, 0.6) is 0 Å². The molecule has 6 nitrogen and oxygen atoms in total. The molecule has 4 rings (SSSR count). The lowest BCUT2D eigenvalue weighted by atomic mass is 9.80. The van der Waals surface area contributed by atoms with E-state index in [2.05, 4.69) is 14.8 Å². The molecule has 0 aliphatic carbocycles. The minimum atomic E-state index is -0.442. The van der Waals surface area contributed by atoms with E-state index in [4.69, 9.17) is 15.9 Å². The quantitative estimate of drug-likeness (QED) is 0.528. The normalized spacial score (nSPS) is 18.2. The van der Waals surface area contributed by atoms with E-state index < -0.39 is 18.3 Å². The first-order valence-electron chi connectivity index (χ1n) is 8.48. The molecule has 0 saturated carbocycles. The van der Waals surface area contributed by atoms with E-state index in [1.54, 1.807) is 12.3 Å². The van der Waals surface area contributed by atoms with Gasteiger partial charge in [0.05, 0.1) is 22.9 Å². The molecule has 130 valence electrons. The van der Waals surface area contributed by atoms with Crippen molar-refractivity contribution in [3.63, 3.8) is 0 Å². The van der Waals surface area contributed by atoms with Crippen LogP contribution in [0.25, 0.3) is 21.9 Å². The van der Waals surface area contributed by atoms with Crippen LogP contribution >= 0.6 is 0 Å². The molecule has 0 amide bonds. The highest BCUT2D eigenvalue weighted by molar-refractivity contribution is 6.62. The molecule has 1 fully saturated rings. The van der Waals surface area contributed by atoms with E-state index in [9.17, 15) is 0 Å². The lowest BCUT2D eigenvalue weighted by Gasteiger charge is -2.32. The van der Waals surface area contributed by atoms with Gasteiger partial charge < -0.3 is 14.2 Å². The number of pyridine rings is 2. The van der Waals surface area contributed by atoms with Crippen LogP contribution in [-0.2, 0) is 9.31 Å². The maximum atomic E-state index is 7.15. The maximum Gasteiger partial charge on any atom is 0.496 e. The molecule has 3 aromatic rings. The largest absolute Gasteiger partial charge is 0.496 e. The summed E-state index contributed by atoms with van der Waals surface area (Å²) in [5.41, 5.74) is 1.72. The van der Waals surface area contributed by atoms with Gasteiger partial charge in [-0.15, -0.1) is 4.98 Å². The molecule has 0 atom stereocenters. The number of fused-ring (bicyclic) bond motifs is 1. The molecule has 26 heavy (non-hydrogen) atoms. The van der Waals surface area contributed by atoms with Gasteiger partial charge in [-0.05, 0) is 51.4 Å². The molecule has 1 aliphatic heterocycles. The van der Waals surface area contributed by atoms with Crippen molar-refractivity contribution in [3.8, 4) is 11.5 Å². The van der Waals surface area contributed by atoms with E-state index in [1.165, 1.54) is 0 Å². The average Bonchev–Trinajstić information content (AvgIpc) is 3.12. The summed E-state index contributed by atoms with van der Waals surface area (Å²) >= 11 is 0. The first-order valence-corrected chi connectivity index (χ1v) is 8.48. The summed E-state index contributed by atoms with van der Waals surface area (Å²) in [6.07, 6.45) is 3.75. The maximum absolute atomic E-state index is 7.15. The standard InChI is InChI=1S/C19H19BN4O2/c1-18(2)19(3,4)26-20(25-18)13-9-10-14-11-22-17(24(14)12-13)15-7-6-8-16(21-5)23-15/h6-12H,1-4H3. The van der Waals surface area contributed by atoms with Gasteiger partial charge in [0.15, 0.2) is 11.5 Å². The van der Waals surface area contributed by atoms with Crippen molar-refractivity contribution in [2.24, 2.45) is 0 Å². The van der Waals surface area contributed by atoms with Crippen LogP contribution in [0.4, 0.5) is 5.82 Å². The Balaban J connectivity index is 1.78. The molecule has 4 heterocycles. The van der Waals surface area contributed by atoms with Crippen molar-refractivity contribution in [2.75, 3.05) is 0 Å². The molecule has 1 saturated heterocycles. The van der Waals surface area contributed by atoms with Crippen LogP contribution in [-0.4, -0.2) is 32.7 Å². The zero-order valence-electron chi connectivity index (χ0n) is 15.2. The third-order valence-electron chi connectivity index (χ3n) is 5.15. The third-order valence-corrected chi connectivity index (χ3v) is 5.15. The van der Waals surface area contributed by atoms with Crippen molar-refractivity contribution in [1.29, 1.82) is 0 Å².